The lowest BCUT2D eigenvalue weighted by molar-refractivity contribution is 0.272. The minimum absolute atomic E-state index is 0.190. The van der Waals surface area contributed by atoms with E-state index in [9.17, 15) is 4.57 Å². The SMILES string of the molecule is O=[PH](O)OCc1cccc(CBr)c1. The number of hydrogen-bond acceptors (Lipinski definition) is 2. The summed E-state index contributed by atoms with van der Waals surface area (Å²) < 4.78 is 14.9. The predicted molar refractivity (Wildman–Crippen MR) is 55.1 cm³/mol. The van der Waals surface area contributed by atoms with Gasteiger partial charge in [-0.3, -0.25) is 4.57 Å². The van der Waals surface area contributed by atoms with Gasteiger partial charge in [-0.15, -0.1) is 0 Å². The molecular formula is C8H10BrO3P. The standard InChI is InChI=1S/C8H10BrO3P/c9-5-7-2-1-3-8(4-7)6-12-13(10)11/h1-4,13H,5-6H2,(H,10,11). The first-order chi connectivity index (χ1) is 6.22. The van der Waals surface area contributed by atoms with Crippen LogP contribution in [0.15, 0.2) is 24.3 Å². The first-order valence-electron chi connectivity index (χ1n) is 3.72. The van der Waals surface area contributed by atoms with Crippen LogP contribution in [0.25, 0.3) is 0 Å². The van der Waals surface area contributed by atoms with Crippen molar-refractivity contribution in [1.82, 2.24) is 0 Å². The van der Waals surface area contributed by atoms with E-state index < -0.39 is 8.25 Å². The van der Waals surface area contributed by atoms with Crippen molar-refractivity contribution in [2.75, 3.05) is 0 Å². The lowest BCUT2D eigenvalue weighted by atomic mass is 10.1. The highest BCUT2D eigenvalue weighted by molar-refractivity contribution is 9.08. The summed E-state index contributed by atoms with van der Waals surface area (Å²) in [6.07, 6.45) is 0. The normalized spacial score (nSPS) is 12.8. The summed E-state index contributed by atoms with van der Waals surface area (Å²) in [7, 11) is -2.81. The van der Waals surface area contributed by atoms with Crippen molar-refractivity contribution < 1.29 is 14.0 Å². The molecule has 5 heteroatoms. The molecule has 3 nitrogen and oxygen atoms in total. The van der Waals surface area contributed by atoms with Crippen molar-refractivity contribution >= 4 is 24.2 Å². The molecule has 0 radical (unpaired) electrons. The van der Waals surface area contributed by atoms with Crippen molar-refractivity contribution in [1.29, 1.82) is 0 Å². The Morgan fingerprint density at radius 2 is 2.15 bits per heavy atom. The Morgan fingerprint density at radius 1 is 1.46 bits per heavy atom. The van der Waals surface area contributed by atoms with Crippen LogP contribution >= 0.6 is 24.2 Å². The third-order valence-corrected chi connectivity index (χ3v) is 2.55. The fraction of sp³-hybridized carbons (Fsp3) is 0.250. The molecule has 1 N–H and O–H groups in total. The van der Waals surface area contributed by atoms with Gasteiger partial charge in [0.2, 0.25) is 0 Å². The maximum absolute atomic E-state index is 10.3. The van der Waals surface area contributed by atoms with Crippen molar-refractivity contribution in [3.63, 3.8) is 0 Å². The quantitative estimate of drug-likeness (QED) is 0.672. The molecule has 0 amide bonds. The Labute approximate surface area is 85.8 Å². The highest BCUT2D eigenvalue weighted by atomic mass is 79.9. The van der Waals surface area contributed by atoms with Gasteiger partial charge in [-0.2, -0.15) is 0 Å². The van der Waals surface area contributed by atoms with Crippen LogP contribution in [0.5, 0.6) is 0 Å². The van der Waals surface area contributed by atoms with Gasteiger partial charge < -0.3 is 9.42 Å². The fourth-order valence-electron chi connectivity index (χ4n) is 0.948. The van der Waals surface area contributed by atoms with Crippen LogP contribution in [0.3, 0.4) is 0 Å². The van der Waals surface area contributed by atoms with Gasteiger partial charge in [0.15, 0.2) is 0 Å². The lowest BCUT2D eigenvalue weighted by Gasteiger charge is -2.02. The number of alkyl halides is 1. The minimum Gasteiger partial charge on any atom is -0.326 e. The topological polar surface area (TPSA) is 46.5 Å². The summed E-state index contributed by atoms with van der Waals surface area (Å²) in [5.41, 5.74) is 2.03. The van der Waals surface area contributed by atoms with Crippen LogP contribution < -0.4 is 0 Å². The van der Waals surface area contributed by atoms with Gasteiger partial charge in [0, 0.05) is 5.33 Å². The molecule has 1 unspecified atom stereocenters. The number of benzene rings is 1. The molecule has 0 spiro atoms. The Bertz CT molecular complexity index is 303. The summed E-state index contributed by atoms with van der Waals surface area (Å²) in [4.78, 5) is 8.45. The maximum atomic E-state index is 10.3. The van der Waals surface area contributed by atoms with E-state index in [2.05, 4.69) is 20.5 Å². The summed E-state index contributed by atoms with van der Waals surface area (Å²) >= 11 is 3.33. The zero-order chi connectivity index (χ0) is 9.68. The van der Waals surface area contributed by atoms with Crippen molar-refractivity contribution in [2.45, 2.75) is 11.9 Å². The monoisotopic (exact) mass is 264 g/mol. The van der Waals surface area contributed by atoms with E-state index >= 15 is 0 Å². The van der Waals surface area contributed by atoms with Crippen molar-refractivity contribution in [3.8, 4) is 0 Å². The molecule has 0 fully saturated rings. The molecular weight excluding hydrogens is 255 g/mol. The molecule has 1 aromatic rings. The molecule has 0 aliphatic carbocycles. The minimum atomic E-state index is -2.81. The van der Waals surface area contributed by atoms with Gasteiger partial charge in [-0.05, 0) is 11.1 Å². The molecule has 0 aromatic heterocycles. The van der Waals surface area contributed by atoms with Crippen LogP contribution in [0.1, 0.15) is 11.1 Å². The molecule has 0 aliphatic rings. The molecule has 0 heterocycles. The summed E-state index contributed by atoms with van der Waals surface area (Å²) in [5, 5.41) is 0.773. The molecule has 1 aromatic carbocycles. The van der Waals surface area contributed by atoms with Crippen LogP contribution in [0, 0.1) is 0 Å². The largest absolute Gasteiger partial charge is 0.326 e. The zero-order valence-corrected chi connectivity index (χ0v) is 9.45. The third kappa shape index (κ3) is 4.05. The Balaban J connectivity index is 2.61. The van der Waals surface area contributed by atoms with Gasteiger partial charge in [0.05, 0.1) is 6.61 Å². The van der Waals surface area contributed by atoms with E-state index in [0.717, 1.165) is 16.5 Å². The van der Waals surface area contributed by atoms with Crippen LogP contribution in [0.4, 0.5) is 0 Å². The molecule has 72 valence electrons. The van der Waals surface area contributed by atoms with Crippen molar-refractivity contribution in [2.24, 2.45) is 0 Å². The first kappa shape index (κ1) is 10.9. The molecule has 0 saturated carbocycles. The zero-order valence-electron chi connectivity index (χ0n) is 6.87. The molecule has 0 saturated heterocycles. The Morgan fingerprint density at radius 3 is 2.77 bits per heavy atom. The second kappa shape index (κ2) is 5.55. The molecule has 1 atom stereocenters. The summed E-state index contributed by atoms with van der Waals surface area (Å²) in [6.45, 7) is 0.190. The lowest BCUT2D eigenvalue weighted by Crippen LogP contribution is -1.87. The summed E-state index contributed by atoms with van der Waals surface area (Å²) in [5.74, 6) is 0. The second-order valence-corrected chi connectivity index (χ2v) is 3.89. The molecule has 13 heavy (non-hydrogen) atoms. The fourth-order valence-corrected chi connectivity index (χ4v) is 1.59. The average Bonchev–Trinajstić information content (AvgIpc) is 2.15. The number of rotatable bonds is 4. The summed E-state index contributed by atoms with van der Waals surface area (Å²) in [6, 6.07) is 7.65. The highest BCUT2D eigenvalue weighted by Gasteiger charge is 1.97. The second-order valence-electron chi connectivity index (χ2n) is 2.51. The number of hydrogen-bond donors (Lipinski definition) is 1. The maximum Gasteiger partial charge on any atom is 0.316 e. The number of halogens is 1. The van der Waals surface area contributed by atoms with Gasteiger partial charge in [0.1, 0.15) is 0 Å². The van der Waals surface area contributed by atoms with E-state index in [1.165, 1.54) is 0 Å². The van der Waals surface area contributed by atoms with Gasteiger partial charge >= 0.3 is 8.25 Å². The van der Waals surface area contributed by atoms with E-state index in [1.807, 2.05) is 24.3 Å². The van der Waals surface area contributed by atoms with Gasteiger partial charge in [0.25, 0.3) is 0 Å². The average molecular weight is 265 g/mol. The molecule has 0 bridgehead atoms. The van der Waals surface area contributed by atoms with Crippen molar-refractivity contribution in [3.05, 3.63) is 35.4 Å². The molecule has 1 rings (SSSR count). The Hall–Kier alpha value is -0.150. The van der Waals surface area contributed by atoms with E-state index in [-0.39, 0.29) is 6.61 Å². The van der Waals surface area contributed by atoms with Crippen LogP contribution in [-0.2, 0) is 21.0 Å². The van der Waals surface area contributed by atoms with Crippen LogP contribution in [0.2, 0.25) is 0 Å². The van der Waals surface area contributed by atoms with E-state index in [1.54, 1.807) is 0 Å². The van der Waals surface area contributed by atoms with E-state index in [0.29, 0.717) is 0 Å². The van der Waals surface area contributed by atoms with Gasteiger partial charge in [-0.25, -0.2) is 0 Å². The van der Waals surface area contributed by atoms with Gasteiger partial charge in [-0.1, -0.05) is 40.2 Å². The van der Waals surface area contributed by atoms with E-state index in [4.69, 9.17) is 4.89 Å². The third-order valence-electron chi connectivity index (χ3n) is 1.51. The van der Waals surface area contributed by atoms with Crippen LogP contribution in [-0.4, -0.2) is 4.89 Å². The highest BCUT2D eigenvalue weighted by Crippen LogP contribution is 2.18. The Kier molecular flexibility index (Phi) is 4.67. The first-order valence-corrected chi connectivity index (χ1v) is 6.10. The predicted octanol–water partition coefficient (Wildman–Crippen LogP) is 2.48. The smallest absolute Gasteiger partial charge is 0.316 e. The molecule has 0 aliphatic heterocycles.